The van der Waals surface area contributed by atoms with Gasteiger partial charge in [-0.05, 0) is 59.0 Å². The number of ether oxygens (including phenoxy) is 2. The van der Waals surface area contributed by atoms with Gasteiger partial charge in [0, 0.05) is 17.4 Å². The lowest BCUT2D eigenvalue weighted by atomic mass is 10.0. The van der Waals surface area contributed by atoms with Gasteiger partial charge in [-0.2, -0.15) is 0 Å². The van der Waals surface area contributed by atoms with Crippen molar-refractivity contribution in [3.63, 3.8) is 0 Å². The van der Waals surface area contributed by atoms with Crippen LogP contribution in [-0.2, 0) is 0 Å². The maximum atomic E-state index is 12.8. The van der Waals surface area contributed by atoms with Crippen LogP contribution < -0.4 is 14.8 Å². The smallest absolute Gasteiger partial charge is 0.259 e. The van der Waals surface area contributed by atoms with Gasteiger partial charge in [-0.3, -0.25) is 4.79 Å². The summed E-state index contributed by atoms with van der Waals surface area (Å²) < 4.78 is 10.6. The Kier molecular flexibility index (Phi) is 4.72. The Bertz CT molecular complexity index is 1150. The van der Waals surface area contributed by atoms with Crippen molar-refractivity contribution >= 4 is 22.5 Å². The Balaban J connectivity index is 1.62. The zero-order valence-electron chi connectivity index (χ0n) is 15.7. The van der Waals surface area contributed by atoms with Gasteiger partial charge < -0.3 is 19.8 Å². The first-order chi connectivity index (χ1) is 13.7. The molecule has 140 valence electrons. The number of rotatable bonds is 5. The number of nitrogens with one attached hydrogen (secondary N) is 2. The fraction of sp³-hybridized carbons (Fsp3) is 0.0870. The fourth-order valence-electron chi connectivity index (χ4n) is 3.27. The van der Waals surface area contributed by atoms with Gasteiger partial charge in [0.1, 0.15) is 0 Å². The zero-order valence-corrected chi connectivity index (χ0v) is 15.7. The van der Waals surface area contributed by atoms with E-state index in [1.807, 2.05) is 36.5 Å². The summed E-state index contributed by atoms with van der Waals surface area (Å²) in [6.45, 7) is 0. The summed E-state index contributed by atoms with van der Waals surface area (Å²) in [5, 5.41) is 4.09. The van der Waals surface area contributed by atoms with E-state index in [-0.39, 0.29) is 5.91 Å². The topological polar surface area (TPSA) is 63.3 Å². The van der Waals surface area contributed by atoms with E-state index >= 15 is 0 Å². The fourth-order valence-corrected chi connectivity index (χ4v) is 3.27. The number of amides is 1. The predicted molar refractivity (Wildman–Crippen MR) is 111 cm³/mol. The number of para-hydroxylation sites is 1. The van der Waals surface area contributed by atoms with Crippen LogP contribution in [-0.4, -0.2) is 25.1 Å². The largest absolute Gasteiger partial charge is 0.493 e. The molecule has 0 spiro atoms. The first-order valence-electron chi connectivity index (χ1n) is 8.89. The molecule has 0 unspecified atom stereocenters. The number of benzene rings is 3. The number of carbonyl (C=O) groups excluding carboxylic acids is 1. The SMILES string of the molecule is COc1cccc(C(=O)Nc2cccc(-c3ccc4[nH]ccc4c3)c2)c1OC. The van der Waals surface area contributed by atoms with E-state index < -0.39 is 0 Å². The molecule has 0 aliphatic heterocycles. The molecule has 0 aliphatic rings. The highest BCUT2D eigenvalue weighted by Crippen LogP contribution is 2.32. The van der Waals surface area contributed by atoms with Gasteiger partial charge in [0.05, 0.1) is 19.8 Å². The number of fused-ring (bicyclic) bond motifs is 1. The normalized spacial score (nSPS) is 10.6. The highest BCUT2D eigenvalue weighted by atomic mass is 16.5. The average Bonchev–Trinajstić information content (AvgIpc) is 3.21. The minimum absolute atomic E-state index is 0.256. The third-order valence-corrected chi connectivity index (χ3v) is 4.65. The Hall–Kier alpha value is -3.73. The summed E-state index contributed by atoms with van der Waals surface area (Å²) >= 11 is 0. The first-order valence-corrected chi connectivity index (χ1v) is 8.89. The molecule has 0 saturated carbocycles. The minimum Gasteiger partial charge on any atom is -0.493 e. The number of H-pyrrole nitrogens is 1. The molecule has 0 radical (unpaired) electrons. The number of methoxy groups -OCH3 is 2. The van der Waals surface area contributed by atoms with Gasteiger partial charge in [-0.1, -0.05) is 24.3 Å². The number of hydrogen-bond acceptors (Lipinski definition) is 3. The Morgan fingerprint density at radius 2 is 1.71 bits per heavy atom. The maximum Gasteiger partial charge on any atom is 0.259 e. The van der Waals surface area contributed by atoms with Crippen LogP contribution in [0.1, 0.15) is 10.4 Å². The minimum atomic E-state index is -0.256. The van der Waals surface area contributed by atoms with Crippen molar-refractivity contribution in [1.82, 2.24) is 4.98 Å². The molecule has 0 bridgehead atoms. The third kappa shape index (κ3) is 3.30. The van der Waals surface area contributed by atoms with E-state index in [2.05, 4.69) is 28.5 Å². The summed E-state index contributed by atoms with van der Waals surface area (Å²) in [6, 6.07) is 21.3. The molecule has 4 aromatic rings. The zero-order chi connectivity index (χ0) is 19.5. The molecule has 5 nitrogen and oxygen atoms in total. The van der Waals surface area contributed by atoms with Crippen LogP contribution >= 0.6 is 0 Å². The Morgan fingerprint density at radius 1 is 0.893 bits per heavy atom. The summed E-state index contributed by atoms with van der Waals surface area (Å²) in [6.07, 6.45) is 1.92. The lowest BCUT2D eigenvalue weighted by Gasteiger charge is -2.13. The average molecular weight is 372 g/mol. The van der Waals surface area contributed by atoms with Gasteiger partial charge in [0.15, 0.2) is 11.5 Å². The molecule has 2 N–H and O–H groups in total. The molecule has 0 atom stereocenters. The van der Waals surface area contributed by atoms with Crippen molar-refractivity contribution in [2.45, 2.75) is 0 Å². The highest BCUT2D eigenvalue weighted by molar-refractivity contribution is 6.07. The molecular formula is C23H20N2O3. The van der Waals surface area contributed by atoms with Crippen LogP contribution in [0.2, 0.25) is 0 Å². The molecule has 4 rings (SSSR count). The van der Waals surface area contributed by atoms with E-state index in [0.717, 1.165) is 22.0 Å². The standard InChI is InChI=1S/C23H20N2O3/c1-27-21-8-4-7-19(22(21)28-2)23(26)25-18-6-3-5-15(14-18)16-9-10-20-17(13-16)11-12-24-20/h3-14,24H,1-2H3,(H,25,26). The van der Waals surface area contributed by atoms with Gasteiger partial charge in [-0.25, -0.2) is 0 Å². The van der Waals surface area contributed by atoms with Gasteiger partial charge >= 0.3 is 0 Å². The number of anilines is 1. The molecule has 0 fully saturated rings. The second-order valence-corrected chi connectivity index (χ2v) is 6.36. The second kappa shape index (κ2) is 7.48. The van der Waals surface area contributed by atoms with Crippen molar-refractivity contribution in [2.75, 3.05) is 19.5 Å². The molecule has 1 heterocycles. The lowest BCUT2D eigenvalue weighted by Crippen LogP contribution is -2.13. The molecule has 1 aromatic heterocycles. The first kappa shape index (κ1) is 17.7. The summed E-state index contributed by atoms with van der Waals surface area (Å²) in [7, 11) is 3.07. The predicted octanol–water partition coefficient (Wildman–Crippen LogP) is 5.10. The van der Waals surface area contributed by atoms with Crippen LogP contribution in [0.15, 0.2) is 72.9 Å². The van der Waals surface area contributed by atoms with Crippen LogP contribution in [0.25, 0.3) is 22.0 Å². The molecule has 0 aliphatic carbocycles. The molecule has 28 heavy (non-hydrogen) atoms. The van der Waals surface area contributed by atoms with Crippen molar-refractivity contribution < 1.29 is 14.3 Å². The van der Waals surface area contributed by atoms with Crippen molar-refractivity contribution in [1.29, 1.82) is 0 Å². The van der Waals surface area contributed by atoms with E-state index in [0.29, 0.717) is 22.7 Å². The van der Waals surface area contributed by atoms with Crippen LogP contribution in [0.4, 0.5) is 5.69 Å². The van der Waals surface area contributed by atoms with Crippen LogP contribution in [0.5, 0.6) is 11.5 Å². The van der Waals surface area contributed by atoms with Crippen molar-refractivity contribution in [3.8, 4) is 22.6 Å². The Morgan fingerprint density at radius 3 is 2.54 bits per heavy atom. The molecule has 0 saturated heterocycles. The maximum absolute atomic E-state index is 12.8. The third-order valence-electron chi connectivity index (χ3n) is 4.65. The molecule has 5 heteroatoms. The second-order valence-electron chi connectivity index (χ2n) is 6.36. The van der Waals surface area contributed by atoms with E-state index in [9.17, 15) is 4.79 Å². The van der Waals surface area contributed by atoms with E-state index in [1.165, 1.54) is 7.11 Å². The summed E-state index contributed by atoms with van der Waals surface area (Å²) in [4.78, 5) is 16.0. The molecule has 1 amide bonds. The number of carbonyl (C=O) groups is 1. The highest BCUT2D eigenvalue weighted by Gasteiger charge is 2.16. The Labute approximate surface area is 162 Å². The van der Waals surface area contributed by atoms with Crippen LogP contribution in [0, 0.1) is 0 Å². The number of aromatic amines is 1. The van der Waals surface area contributed by atoms with Gasteiger partial charge in [0.25, 0.3) is 5.91 Å². The number of hydrogen-bond donors (Lipinski definition) is 2. The lowest BCUT2D eigenvalue weighted by molar-refractivity contribution is 0.102. The van der Waals surface area contributed by atoms with Crippen molar-refractivity contribution in [2.24, 2.45) is 0 Å². The number of aromatic nitrogens is 1. The summed E-state index contributed by atoms with van der Waals surface area (Å²) in [5.74, 6) is 0.675. The molecule has 3 aromatic carbocycles. The summed E-state index contributed by atoms with van der Waals surface area (Å²) in [5.41, 5.74) is 4.33. The molecular weight excluding hydrogens is 352 g/mol. The quantitative estimate of drug-likeness (QED) is 0.512. The van der Waals surface area contributed by atoms with E-state index in [1.54, 1.807) is 25.3 Å². The van der Waals surface area contributed by atoms with Crippen LogP contribution in [0.3, 0.4) is 0 Å². The van der Waals surface area contributed by atoms with Crippen molar-refractivity contribution in [3.05, 3.63) is 78.5 Å². The monoisotopic (exact) mass is 372 g/mol. The van der Waals surface area contributed by atoms with E-state index in [4.69, 9.17) is 9.47 Å². The van der Waals surface area contributed by atoms with Gasteiger partial charge in [-0.15, -0.1) is 0 Å². The van der Waals surface area contributed by atoms with Gasteiger partial charge in [0.2, 0.25) is 0 Å².